The largest absolute Gasteiger partial charge is 0.434 e. The van der Waals surface area contributed by atoms with E-state index in [2.05, 4.69) is 4.74 Å². The molecule has 0 aromatic rings. The summed E-state index contributed by atoms with van der Waals surface area (Å²) in [6, 6.07) is 0. The van der Waals surface area contributed by atoms with Gasteiger partial charge in [-0.2, -0.15) is 0 Å². The van der Waals surface area contributed by atoms with Crippen molar-refractivity contribution in [3.05, 3.63) is 11.8 Å². The summed E-state index contributed by atoms with van der Waals surface area (Å²) in [5.74, 6) is 0.669. The lowest BCUT2D eigenvalue weighted by atomic mass is 10.4. The van der Waals surface area contributed by atoms with E-state index in [4.69, 9.17) is 0 Å². The molecule has 2 nitrogen and oxygen atoms in total. The summed E-state index contributed by atoms with van der Waals surface area (Å²) in [5, 5.41) is 0. The Kier molecular flexibility index (Phi) is 3.94. The molecule has 2 heteroatoms. The molecule has 0 aliphatic rings. The van der Waals surface area contributed by atoms with Gasteiger partial charge in [-0.3, -0.25) is 4.79 Å². The van der Waals surface area contributed by atoms with Crippen LogP contribution in [0.2, 0.25) is 0 Å². The van der Waals surface area contributed by atoms with Gasteiger partial charge in [-0.1, -0.05) is 6.92 Å². The molecule has 8 heavy (non-hydrogen) atoms. The minimum atomic E-state index is 0.432. The van der Waals surface area contributed by atoms with Crippen LogP contribution in [-0.2, 0) is 9.53 Å². The minimum absolute atomic E-state index is 0.432. The normalized spacial score (nSPS) is 11.0. The van der Waals surface area contributed by atoms with Crippen molar-refractivity contribution in [2.75, 3.05) is 0 Å². The first kappa shape index (κ1) is 7.21. The molecule has 0 saturated heterocycles. The molecule has 0 spiro atoms. The molecule has 0 aromatic heterocycles. The van der Waals surface area contributed by atoms with Crippen molar-refractivity contribution >= 4 is 6.47 Å². The van der Waals surface area contributed by atoms with E-state index in [0.29, 0.717) is 12.2 Å². The zero-order valence-corrected chi connectivity index (χ0v) is 5.18. The average Bonchev–Trinajstić information content (AvgIpc) is 1.68. The Morgan fingerprint density at radius 2 is 2.38 bits per heavy atom. The molecular weight excluding hydrogens is 104 g/mol. The molecule has 0 heterocycles. The second-order valence-electron chi connectivity index (χ2n) is 1.44. The van der Waals surface area contributed by atoms with Crippen LogP contribution in [0.1, 0.15) is 20.3 Å². The molecule has 0 aromatic carbocycles. The molecule has 0 bridgehead atoms. The molecule has 0 unspecified atom stereocenters. The Balaban J connectivity index is 3.44. The highest BCUT2D eigenvalue weighted by Crippen LogP contribution is 1.93. The van der Waals surface area contributed by atoms with Gasteiger partial charge in [0.25, 0.3) is 6.47 Å². The van der Waals surface area contributed by atoms with Crippen LogP contribution >= 0.6 is 0 Å². The fourth-order valence-corrected chi connectivity index (χ4v) is 0.411. The number of carbonyl (C=O) groups is 1. The molecule has 0 fully saturated rings. The smallest absolute Gasteiger partial charge is 0.298 e. The monoisotopic (exact) mass is 114 g/mol. The van der Waals surface area contributed by atoms with E-state index in [1.165, 1.54) is 0 Å². The lowest BCUT2D eigenvalue weighted by molar-refractivity contribution is -0.125. The Morgan fingerprint density at radius 3 is 2.75 bits per heavy atom. The zero-order chi connectivity index (χ0) is 6.41. The van der Waals surface area contributed by atoms with E-state index in [1.807, 2.05) is 13.0 Å². The Bertz CT molecular complexity index is 94.7. The van der Waals surface area contributed by atoms with Crippen LogP contribution in [-0.4, -0.2) is 6.47 Å². The third-order valence-corrected chi connectivity index (χ3v) is 0.726. The van der Waals surface area contributed by atoms with Gasteiger partial charge in [0, 0.05) is 0 Å². The van der Waals surface area contributed by atoms with E-state index in [9.17, 15) is 4.79 Å². The van der Waals surface area contributed by atoms with E-state index in [0.717, 1.165) is 6.42 Å². The quantitative estimate of drug-likeness (QED) is 0.410. The van der Waals surface area contributed by atoms with Crippen molar-refractivity contribution in [1.82, 2.24) is 0 Å². The van der Waals surface area contributed by atoms with Gasteiger partial charge in [-0.15, -0.1) is 0 Å². The topological polar surface area (TPSA) is 26.3 Å². The highest BCUT2D eigenvalue weighted by molar-refractivity contribution is 5.39. The highest BCUT2D eigenvalue weighted by atomic mass is 16.5. The van der Waals surface area contributed by atoms with Crippen molar-refractivity contribution in [1.29, 1.82) is 0 Å². The standard InChI is InChI=1S/C6H10O2/c1-3-4-6(2)8-5-7/h4-5H,3H2,1-2H3. The second-order valence-corrected chi connectivity index (χ2v) is 1.44. The Hall–Kier alpha value is -0.790. The first-order chi connectivity index (χ1) is 3.81. The van der Waals surface area contributed by atoms with Crippen molar-refractivity contribution < 1.29 is 9.53 Å². The fourth-order valence-electron chi connectivity index (χ4n) is 0.411. The predicted octanol–water partition coefficient (Wildman–Crippen LogP) is 1.47. The second kappa shape index (κ2) is 4.37. The average molecular weight is 114 g/mol. The summed E-state index contributed by atoms with van der Waals surface area (Å²) >= 11 is 0. The molecule has 0 rings (SSSR count). The van der Waals surface area contributed by atoms with Crippen LogP contribution in [0, 0.1) is 0 Å². The number of ether oxygens (including phenoxy) is 1. The third kappa shape index (κ3) is 3.40. The molecule has 0 aliphatic heterocycles. The summed E-state index contributed by atoms with van der Waals surface area (Å²) in [6.45, 7) is 4.16. The number of carbonyl (C=O) groups excluding carboxylic acids is 1. The highest BCUT2D eigenvalue weighted by Gasteiger charge is 1.81. The van der Waals surface area contributed by atoms with Gasteiger partial charge in [0.15, 0.2) is 0 Å². The van der Waals surface area contributed by atoms with Gasteiger partial charge in [0.2, 0.25) is 0 Å². The van der Waals surface area contributed by atoms with Crippen molar-refractivity contribution in [3.63, 3.8) is 0 Å². The van der Waals surface area contributed by atoms with Crippen molar-refractivity contribution in [3.8, 4) is 0 Å². The number of hydrogen-bond acceptors (Lipinski definition) is 2. The molecule has 0 amide bonds. The summed E-state index contributed by atoms with van der Waals surface area (Å²) in [7, 11) is 0. The van der Waals surface area contributed by atoms with Gasteiger partial charge < -0.3 is 4.74 Å². The maximum absolute atomic E-state index is 9.63. The Morgan fingerprint density at radius 1 is 1.75 bits per heavy atom. The van der Waals surface area contributed by atoms with E-state index in [-0.39, 0.29) is 0 Å². The van der Waals surface area contributed by atoms with Crippen LogP contribution in [0.25, 0.3) is 0 Å². The lowest BCUT2D eigenvalue weighted by Crippen LogP contribution is -1.81. The van der Waals surface area contributed by atoms with Gasteiger partial charge in [-0.05, 0) is 19.4 Å². The van der Waals surface area contributed by atoms with Crippen LogP contribution in [0.15, 0.2) is 11.8 Å². The summed E-state index contributed by atoms with van der Waals surface area (Å²) in [4.78, 5) is 9.63. The first-order valence-corrected chi connectivity index (χ1v) is 2.58. The van der Waals surface area contributed by atoms with E-state index >= 15 is 0 Å². The lowest BCUT2D eigenvalue weighted by Gasteiger charge is -1.91. The molecule has 0 aliphatic carbocycles. The van der Waals surface area contributed by atoms with Gasteiger partial charge >= 0.3 is 0 Å². The number of hydrogen-bond donors (Lipinski definition) is 0. The van der Waals surface area contributed by atoms with Gasteiger partial charge in [0.1, 0.15) is 5.76 Å². The van der Waals surface area contributed by atoms with Crippen LogP contribution in [0.5, 0.6) is 0 Å². The number of allylic oxidation sites excluding steroid dienone is 2. The fraction of sp³-hybridized carbons (Fsp3) is 0.500. The molecule has 0 saturated carbocycles. The predicted molar refractivity (Wildman–Crippen MR) is 31.2 cm³/mol. The SMILES string of the molecule is CCC=C(C)OC=O. The first-order valence-electron chi connectivity index (χ1n) is 2.58. The molecular formula is C6H10O2. The van der Waals surface area contributed by atoms with Crippen LogP contribution in [0.4, 0.5) is 0 Å². The van der Waals surface area contributed by atoms with E-state index < -0.39 is 0 Å². The zero-order valence-electron chi connectivity index (χ0n) is 5.18. The molecule has 46 valence electrons. The van der Waals surface area contributed by atoms with Crippen molar-refractivity contribution in [2.45, 2.75) is 20.3 Å². The molecule has 0 radical (unpaired) electrons. The molecule has 0 atom stereocenters. The van der Waals surface area contributed by atoms with Crippen molar-refractivity contribution in [2.24, 2.45) is 0 Å². The number of rotatable bonds is 3. The maximum atomic E-state index is 9.63. The summed E-state index contributed by atoms with van der Waals surface area (Å²) in [5.41, 5.74) is 0. The van der Waals surface area contributed by atoms with E-state index in [1.54, 1.807) is 6.92 Å². The Labute approximate surface area is 49.1 Å². The maximum Gasteiger partial charge on any atom is 0.298 e. The molecule has 0 N–H and O–H groups in total. The summed E-state index contributed by atoms with van der Waals surface area (Å²) < 4.78 is 4.46. The van der Waals surface area contributed by atoms with Gasteiger partial charge in [-0.25, -0.2) is 0 Å². The summed E-state index contributed by atoms with van der Waals surface area (Å²) in [6.07, 6.45) is 2.74. The van der Waals surface area contributed by atoms with Crippen LogP contribution in [0.3, 0.4) is 0 Å². The van der Waals surface area contributed by atoms with Gasteiger partial charge in [0.05, 0.1) is 0 Å². The third-order valence-electron chi connectivity index (χ3n) is 0.726. The van der Waals surface area contributed by atoms with Crippen LogP contribution < -0.4 is 0 Å². The minimum Gasteiger partial charge on any atom is -0.434 e.